The highest BCUT2D eigenvalue weighted by Gasteiger charge is 2.13. The maximum atomic E-state index is 10.9. The largest absolute Gasteiger partial charge is 0.393 e. The molecule has 0 aliphatic heterocycles. The molecule has 0 spiro atoms. The van der Waals surface area contributed by atoms with Crippen molar-refractivity contribution in [2.45, 2.75) is 38.8 Å². The van der Waals surface area contributed by atoms with E-state index in [-0.39, 0.29) is 6.04 Å². The van der Waals surface area contributed by atoms with Crippen LogP contribution < -0.4 is 10.9 Å². The van der Waals surface area contributed by atoms with Gasteiger partial charge in [0.25, 0.3) is 5.91 Å². The van der Waals surface area contributed by atoms with E-state index in [0.717, 1.165) is 12.8 Å². The van der Waals surface area contributed by atoms with Gasteiger partial charge in [-0.15, -0.1) is 0 Å². The van der Waals surface area contributed by atoms with Gasteiger partial charge >= 0.3 is 0 Å². The molecular weight excluding hydrogens is 172 g/mol. The molecule has 78 valence electrons. The Morgan fingerprint density at radius 1 is 1.38 bits per heavy atom. The molecule has 0 bridgehead atoms. The van der Waals surface area contributed by atoms with Gasteiger partial charge in [0, 0.05) is 6.04 Å². The van der Waals surface area contributed by atoms with Crippen molar-refractivity contribution in [3.8, 4) is 0 Å². The average molecular weight is 190 g/mol. The molecule has 0 heterocycles. The van der Waals surface area contributed by atoms with E-state index >= 15 is 0 Å². The molecule has 5 nitrogen and oxygen atoms in total. The number of carbonyl (C=O) groups excluding carboxylic acids is 1. The van der Waals surface area contributed by atoms with Crippen LogP contribution in [-0.2, 0) is 4.79 Å². The molecule has 0 aromatic rings. The van der Waals surface area contributed by atoms with Gasteiger partial charge in [0.2, 0.25) is 0 Å². The summed E-state index contributed by atoms with van der Waals surface area (Å²) in [4.78, 5) is 10.9. The molecule has 4 N–H and O–H groups in total. The Kier molecular flexibility index (Phi) is 6.48. The number of hydrogen-bond acceptors (Lipinski definition) is 4. The second kappa shape index (κ2) is 6.82. The highest BCUT2D eigenvalue weighted by Crippen LogP contribution is 1.93. The number of rotatable bonds is 6. The summed E-state index contributed by atoms with van der Waals surface area (Å²) < 4.78 is 0. The molecule has 0 rings (SSSR count). The zero-order chi connectivity index (χ0) is 10.3. The van der Waals surface area contributed by atoms with Crippen molar-refractivity contribution in [3.63, 3.8) is 0 Å². The summed E-state index contributed by atoms with van der Waals surface area (Å²) >= 11 is 0. The minimum absolute atomic E-state index is 0.204. The summed E-state index contributed by atoms with van der Waals surface area (Å²) in [5, 5.41) is 17.3. The summed E-state index contributed by atoms with van der Waals surface area (Å²) in [5.74, 6) is -0.602. The minimum Gasteiger partial charge on any atom is -0.393 e. The first-order valence-electron chi connectivity index (χ1n) is 4.49. The standard InChI is InChI=1S/C8H18N2O3/c1-3-6(4-2)9-10-8(13)7(12)5-11/h6-7,9,11-12H,3-5H2,1-2H3,(H,10,13)/t7-/m1/s1. The molecule has 0 aliphatic carbocycles. The number of aliphatic hydroxyl groups excluding tert-OH is 2. The Hall–Kier alpha value is -0.650. The quantitative estimate of drug-likeness (QED) is 0.411. The van der Waals surface area contributed by atoms with Crippen LogP contribution in [0.25, 0.3) is 0 Å². The SMILES string of the molecule is CCC(CC)NNC(=O)[C@H](O)CO. The number of hydrazine groups is 1. The Bertz CT molecular complexity index is 148. The number of amides is 1. The fourth-order valence-electron chi connectivity index (χ4n) is 0.832. The van der Waals surface area contributed by atoms with Gasteiger partial charge in [0.15, 0.2) is 6.10 Å². The van der Waals surface area contributed by atoms with Crippen LogP contribution in [-0.4, -0.2) is 34.9 Å². The van der Waals surface area contributed by atoms with E-state index in [9.17, 15) is 4.79 Å². The summed E-state index contributed by atoms with van der Waals surface area (Å²) in [6.45, 7) is 3.43. The van der Waals surface area contributed by atoms with Gasteiger partial charge in [-0.3, -0.25) is 10.2 Å². The van der Waals surface area contributed by atoms with Crippen LogP contribution in [0.3, 0.4) is 0 Å². The molecular formula is C8H18N2O3. The van der Waals surface area contributed by atoms with E-state index in [0.29, 0.717) is 0 Å². The molecule has 0 unspecified atom stereocenters. The highest BCUT2D eigenvalue weighted by atomic mass is 16.3. The molecule has 0 aromatic heterocycles. The van der Waals surface area contributed by atoms with Gasteiger partial charge in [-0.1, -0.05) is 13.8 Å². The minimum atomic E-state index is -1.35. The van der Waals surface area contributed by atoms with Crippen LogP contribution >= 0.6 is 0 Å². The Balaban J connectivity index is 3.68. The third kappa shape index (κ3) is 4.82. The zero-order valence-electron chi connectivity index (χ0n) is 8.08. The van der Waals surface area contributed by atoms with E-state index in [1.165, 1.54) is 0 Å². The van der Waals surface area contributed by atoms with Gasteiger partial charge < -0.3 is 10.2 Å². The number of aliphatic hydroxyl groups is 2. The number of carbonyl (C=O) groups is 1. The van der Waals surface area contributed by atoms with Gasteiger partial charge in [0.1, 0.15) is 0 Å². The van der Waals surface area contributed by atoms with Crippen molar-refractivity contribution >= 4 is 5.91 Å². The Labute approximate surface area is 78.1 Å². The van der Waals surface area contributed by atoms with E-state index in [4.69, 9.17) is 10.2 Å². The Morgan fingerprint density at radius 3 is 2.31 bits per heavy atom. The van der Waals surface area contributed by atoms with E-state index in [1.807, 2.05) is 13.8 Å². The zero-order valence-corrected chi connectivity index (χ0v) is 8.08. The highest BCUT2D eigenvalue weighted by molar-refractivity contribution is 5.80. The fraction of sp³-hybridized carbons (Fsp3) is 0.875. The Morgan fingerprint density at radius 2 is 1.92 bits per heavy atom. The summed E-state index contributed by atoms with van der Waals surface area (Å²) in [5.41, 5.74) is 5.10. The monoisotopic (exact) mass is 190 g/mol. The molecule has 0 aliphatic rings. The fourth-order valence-corrected chi connectivity index (χ4v) is 0.832. The normalized spacial score (nSPS) is 13.0. The maximum Gasteiger partial charge on any atom is 0.265 e. The molecule has 1 atom stereocenters. The van der Waals surface area contributed by atoms with Crippen molar-refractivity contribution in [2.75, 3.05) is 6.61 Å². The molecule has 1 amide bonds. The lowest BCUT2D eigenvalue weighted by molar-refractivity contribution is -0.132. The summed E-state index contributed by atoms with van der Waals surface area (Å²) in [6.07, 6.45) is 0.444. The van der Waals surface area contributed by atoms with E-state index < -0.39 is 18.6 Å². The molecule has 0 saturated heterocycles. The topological polar surface area (TPSA) is 81.6 Å². The molecule has 0 aromatic carbocycles. The van der Waals surface area contributed by atoms with E-state index in [2.05, 4.69) is 10.9 Å². The van der Waals surface area contributed by atoms with Crippen molar-refractivity contribution in [2.24, 2.45) is 0 Å². The predicted molar refractivity (Wildman–Crippen MR) is 48.7 cm³/mol. The molecule has 13 heavy (non-hydrogen) atoms. The lowest BCUT2D eigenvalue weighted by Crippen LogP contribution is -2.48. The average Bonchev–Trinajstić information content (AvgIpc) is 2.17. The molecule has 0 fully saturated rings. The third-order valence-electron chi connectivity index (χ3n) is 1.86. The van der Waals surface area contributed by atoms with Gasteiger partial charge in [0.05, 0.1) is 6.61 Å². The number of hydrogen-bond donors (Lipinski definition) is 4. The first-order valence-corrected chi connectivity index (χ1v) is 4.49. The van der Waals surface area contributed by atoms with E-state index in [1.54, 1.807) is 0 Å². The maximum absolute atomic E-state index is 10.9. The number of nitrogens with one attached hydrogen (secondary N) is 2. The van der Waals surface area contributed by atoms with Crippen molar-refractivity contribution in [1.82, 2.24) is 10.9 Å². The van der Waals surface area contributed by atoms with Crippen LogP contribution in [0, 0.1) is 0 Å². The molecule has 0 saturated carbocycles. The second-order valence-electron chi connectivity index (χ2n) is 2.85. The van der Waals surface area contributed by atoms with Gasteiger partial charge in [-0.05, 0) is 12.8 Å². The third-order valence-corrected chi connectivity index (χ3v) is 1.86. The smallest absolute Gasteiger partial charge is 0.265 e. The van der Waals surface area contributed by atoms with Crippen LogP contribution in [0.1, 0.15) is 26.7 Å². The summed E-state index contributed by atoms with van der Waals surface area (Å²) in [6, 6.07) is 0.204. The van der Waals surface area contributed by atoms with Crippen LogP contribution in [0.2, 0.25) is 0 Å². The van der Waals surface area contributed by atoms with Crippen molar-refractivity contribution < 1.29 is 15.0 Å². The molecule has 0 radical (unpaired) electrons. The lowest BCUT2D eigenvalue weighted by Gasteiger charge is -2.16. The van der Waals surface area contributed by atoms with Crippen molar-refractivity contribution in [3.05, 3.63) is 0 Å². The van der Waals surface area contributed by atoms with Gasteiger partial charge in [-0.25, -0.2) is 5.43 Å². The van der Waals surface area contributed by atoms with Crippen LogP contribution in [0.4, 0.5) is 0 Å². The van der Waals surface area contributed by atoms with Gasteiger partial charge in [-0.2, -0.15) is 0 Å². The van der Waals surface area contributed by atoms with Crippen LogP contribution in [0.15, 0.2) is 0 Å². The van der Waals surface area contributed by atoms with Crippen molar-refractivity contribution in [1.29, 1.82) is 0 Å². The first kappa shape index (κ1) is 12.3. The predicted octanol–water partition coefficient (Wildman–Crippen LogP) is -0.851. The molecule has 5 heteroatoms. The first-order chi connectivity index (χ1) is 6.15. The van der Waals surface area contributed by atoms with Crippen LogP contribution in [0.5, 0.6) is 0 Å². The summed E-state index contributed by atoms with van der Waals surface area (Å²) in [7, 11) is 0. The second-order valence-corrected chi connectivity index (χ2v) is 2.85. The lowest BCUT2D eigenvalue weighted by atomic mass is 10.2.